The van der Waals surface area contributed by atoms with Crippen molar-refractivity contribution in [3.8, 4) is 16.3 Å². The van der Waals surface area contributed by atoms with Crippen LogP contribution in [0.15, 0.2) is 47.4 Å². The van der Waals surface area contributed by atoms with Crippen LogP contribution in [0, 0.1) is 13.8 Å². The molecule has 1 heterocycles. The van der Waals surface area contributed by atoms with Gasteiger partial charge in [0.2, 0.25) is 5.13 Å². The summed E-state index contributed by atoms with van der Waals surface area (Å²) in [4.78, 5) is 0.244. The molecule has 0 radical (unpaired) electrons. The van der Waals surface area contributed by atoms with Crippen molar-refractivity contribution in [2.24, 2.45) is 0 Å². The van der Waals surface area contributed by atoms with Crippen molar-refractivity contribution < 1.29 is 13.2 Å². The van der Waals surface area contributed by atoms with Gasteiger partial charge in [-0.1, -0.05) is 23.5 Å². The molecule has 1 aromatic heterocycles. The molecule has 6 nitrogen and oxygen atoms in total. The molecule has 0 amide bonds. The Morgan fingerprint density at radius 1 is 1.04 bits per heavy atom. The summed E-state index contributed by atoms with van der Waals surface area (Å²) in [7, 11) is -2.11. The average Bonchev–Trinajstić information content (AvgIpc) is 3.04. The molecule has 0 bridgehead atoms. The van der Waals surface area contributed by atoms with Crippen LogP contribution in [0.25, 0.3) is 10.6 Å². The lowest BCUT2D eigenvalue weighted by molar-refractivity contribution is 0.415. The van der Waals surface area contributed by atoms with E-state index in [1.54, 1.807) is 26.2 Å². The first-order chi connectivity index (χ1) is 11.9. The normalized spacial score (nSPS) is 11.3. The summed E-state index contributed by atoms with van der Waals surface area (Å²) < 4.78 is 32.9. The molecule has 0 aliphatic carbocycles. The van der Waals surface area contributed by atoms with Crippen molar-refractivity contribution in [1.82, 2.24) is 10.2 Å². The van der Waals surface area contributed by atoms with E-state index in [0.29, 0.717) is 10.6 Å². The molecule has 0 aliphatic rings. The van der Waals surface area contributed by atoms with Gasteiger partial charge in [-0.05, 0) is 55.3 Å². The Morgan fingerprint density at radius 3 is 2.44 bits per heavy atom. The third-order valence-electron chi connectivity index (χ3n) is 3.62. The lowest BCUT2D eigenvalue weighted by Crippen LogP contribution is -2.14. The van der Waals surface area contributed by atoms with Crippen molar-refractivity contribution in [2.75, 3.05) is 11.8 Å². The summed E-state index contributed by atoms with van der Waals surface area (Å²) in [6, 6.07) is 12.6. The van der Waals surface area contributed by atoms with E-state index >= 15 is 0 Å². The highest BCUT2D eigenvalue weighted by Crippen LogP contribution is 2.29. The molecular formula is C17H17N3O3S2. The van der Waals surface area contributed by atoms with E-state index in [1.807, 2.05) is 37.3 Å². The second-order valence-corrected chi connectivity index (χ2v) is 8.14. The summed E-state index contributed by atoms with van der Waals surface area (Å²) in [5, 5.41) is 8.86. The van der Waals surface area contributed by atoms with Gasteiger partial charge in [-0.15, -0.1) is 10.2 Å². The van der Waals surface area contributed by atoms with Gasteiger partial charge in [-0.2, -0.15) is 0 Å². The fraction of sp³-hybridized carbons (Fsp3) is 0.176. The Kier molecular flexibility index (Phi) is 4.73. The summed E-state index contributed by atoms with van der Waals surface area (Å²) in [5.74, 6) is 0.740. The van der Waals surface area contributed by atoms with Crippen molar-refractivity contribution in [1.29, 1.82) is 0 Å². The molecule has 0 atom stereocenters. The predicted molar refractivity (Wildman–Crippen MR) is 98.6 cm³/mol. The van der Waals surface area contributed by atoms with E-state index in [2.05, 4.69) is 14.9 Å². The van der Waals surface area contributed by atoms with Crippen LogP contribution in [0.5, 0.6) is 5.75 Å². The monoisotopic (exact) mass is 375 g/mol. The molecule has 3 aromatic rings. The van der Waals surface area contributed by atoms with Crippen LogP contribution >= 0.6 is 11.3 Å². The zero-order chi connectivity index (χ0) is 18.0. The molecule has 8 heteroatoms. The maximum atomic E-state index is 12.6. The Balaban J connectivity index is 1.86. The summed E-state index contributed by atoms with van der Waals surface area (Å²) in [6.07, 6.45) is 0. The first kappa shape index (κ1) is 17.4. The number of benzene rings is 2. The van der Waals surface area contributed by atoms with Gasteiger partial charge in [0.25, 0.3) is 10.0 Å². The topological polar surface area (TPSA) is 81.2 Å². The van der Waals surface area contributed by atoms with E-state index in [0.717, 1.165) is 16.9 Å². The summed E-state index contributed by atoms with van der Waals surface area (Å²) in [6.45, 7) is 3.61. The van der Waals surface area contributed by atoms with Crippen LogP contribution in [0.1, 0.15) is 11.1 Å². The molecule has 3 rings (SSSR count). The van der Waals surface area contributed by atoms with Crippen LogP contribution in [-0.4, -0.2) is 25.7 Å². The number of hydrogen-bond donors (Lipinski definition) is 1. The van der Waals surface area contributed by atoms with Crippen LogP contribution in [-0.2, 0) is 10.0 Å². The molecular weight excluding hydrogens is 358 g/mol. The zero-order valence-corrected chi connectivity index (χ0v) is 15.6. The molecule has 0 aliphatic heterocycles. The van der Waals surface area contributed by atoms with Crippen molar-refractivity contribution in [3.63, 3.8) is 0 Å². The quantitative estimate of drug-likeness (QED) is 0.736. The van der Waals surface area contributed by atoms with Gasteiger partial charge < -0.3 is 4.74 Å². The molecule has 0 unspecified atom stereocenters. The summed E-state index contributed by atoms with van der Waals surface area (Å²) >= 11 is 1.18. The number of anilines is 1. The number of aromatic nitrogens is 2. The molecule has 2 aromatic carbocycles. The van der Waals surface area contributed by atoms with Gasteiger partial charge in [-0.25, -0.2) is 8.42 Å². The van der Waals surface area contributed by atoms with Crippen molar-refractivity contribution in [3.05, 3.63) is 53.6 Å². The average molecular weight is 375 g/mol. The Labute approximate surface area is 150 Å². The number of nitrogens with one attached hydrogen (secondary N) is 1. The van der Waals surface area contributed by atoms with Gasteiger partial charge in [-0.3, -0.25) is 4.72 Å². The standard InChI is InChI=1S/C17H17N3O3S2/c1-11-4-5-12(2)15(10-11)25(21,22)20-17-19-18-16(24-17)13-6-8-14(23-3)9-7-13/h4-10H,1-3H3,(H,19,20). The summed E-state index contributed by atoms with van der Waals surface area (Å²) in [5.41, 5.74) is 2.40. The molecule has 0 saturated carbocycles. The van der Waals surface area contributed by atoms with Gasteiger partial charge in [0.05, 0.1) is 12.0 Å². The highest BCUT2D eigenvalue weighted by atomic mass is 32.2. The van der Waals surface area contributed by atoms with Gasteiger partial charge >= 0.3 is 0 Å². The lowest BCUT2D eigenvalue weighted by atomic mass is 10.2. The number of methoxy groups -OCH3 is 1. The number of rotatable bonds is 5. The highest BCUT2D eigenvalue weighted by Gasteiger charge is 2.19. The first-order valence-corrected chi connectivity index (χ1v) is 9.77. The van der Waals surface area contributed by atoms with Crippen molar-refractivity contribution >= 4 is 26.5 Å². The fourth-order valence-corrected chi connectivity index (χ4v) is 4.59. The number of ether oxygens (including phenoxy) is 1. The van der Waals surface area contributed by atoms with Gasteiger partial charge in [0.15, 0.2) is 0 Å². The molecule has 1 N–H and O–H groups in total. The third kappa shape index (κ3) is 3.80. The minimum Gasteiger partial charge on any atom is -0.497 e. The zero-order valence-electron chi connectivity index (χ0n) is 14.0. The third-order valence-corrected chi connectivity index (χ3v) is 6.11. The molecule has 25 heavy (non-hydrogen) atoms. The maximum absolute atomic E-state index is 12.6. The molecule has 130 valence electrons. The number of sulfonamides is 1. The van der Waals surface area contributed by atoms with Crippen LogP contribution in [0.3, 0.4) is 0 Å². The maximum Gasteiger partial charge on any atom is 0.263 e. The molecule has 0 spiro atoms. The number of aryl methyl sites for hydroxylation is 2. The van der Waals surface area contributed by atoms with E-state index in [1.165, 1.54) is 11.3 Å². The van der Waals surface area contributed by atoms with E-state index < -0.39 is 10.0 Å². The SMILES string of the molecule is COc1ccc(-c2nnc(NS(=O)(=O)c3cc(C)ccc3C)s2)cc1. The van der Waals surface area contributed by atoms with E-state index in [9.17, 15) is 8.42 Å². The predicted octanol–water partition coefficient (Wildman–Crippen LogP) is 3.63. The minimum atomic E-state index is -3.71. The Hall–Kier alpha value is -2.45. The fourth-order valence-electron chi connectivity index (χ4n) is 2.28. The Bertz CT molecular complexity index is 996. The van der Waals surface area contributed by atoms with Gasteiger partial charge in [0.1, 0.15) is 10.8 Å². The minimum absolute atomic E-state index is 0.228. The first-order valence-electron chi connectivity index (χ1n) is 7.47. The number of nitrogens with zero attached hydrogens (tertiary/aromatic N) is 2. The molecule has 0 saturated heterocycles. The lowest BCUT2D eigenvalue weighted by Gasteiger charge is -2.08. The van der Waals surface area contributed by atoms with Crippen LogP contribution in [0.2, 0.25) is 0 Å². The van der Waals surface area contributed by atoms with Gasteiger partial charge in [0, 0.05) is 5.56 Å². The smallest absolute Gasteiger partial charge is 0.263 e. The molecule has 0 fully saturated rings. The Morgan fingerprint density at radius 2 is 1.76 bits per heavy atom. The second kappa shape index (κ2) is 6.81. The van der Waals surface area contributed by atoms with Crippen LogP contribution in [0.4, 0.5) is 5.13 Å². The largest absolute Gasteiger partial charge is 0.497 e. The van der Waals surface area contributed by atoms with E-state index in [-0.39, 0.29) is 10.0 Å². The van der Waals surface area contributed by atoms with Crippen molar-refractivity contribution in [2.45, 2.75) is 18.7 Å². The van der Waals surface area contributed by atoms with Crippen LogP contribution < -0.4 is 9.46 Å². The number of hydrogen-bond acceptors (Lipinski definition) is 6. The second-order valence-electron chi connectivity index (χ2n) is 5.52. The highest BCUT2D eigenvalue weighted by molar-refractivity contribution is 7.93. The van der Waals surface area contributed by atoms with E-state index in [4.69, 9.17) is 4.74 Å².